The van der Waals surface area contributed by atoms with Crippen LogP contribution >= 0.6 is 11.6 Å². The van der Waals surface area contributed by atoms with Crippen molar-refractivity contribution in [2.45, 2.75) is 4.90 Å². The molecule has 0 aromatic heterocycles. The lowest BCUT2D eigenvalue weighted by molar-refractivity contribution is 0.0997. The number of hydrogen-bond acceptors (Lipinski definition) is 4. The molecule has 0 aliphatic heterocycles. The van der Waals surface area contributed by atoms with Crippen LogP contribution in [0.1, 0.15) is 10.4 Å². The van der Waals surface area contributed by atoms with Crippen LogP contribution in [0.15, 0.2) is 47.4 Å². The molecule has 0 saturated carbocycles. The fraction of sp³-hybridized carbons (Fsp3) is 0. The fourth-order valence-electron chi connectivity index (χ4n) is 1.61. The maximum Gasteiger partial charge on any atom is 0.261 e. The zero-order valence-electron chi connectivity index (χ0n) is 10.6. The van der Waals surface area contributed by atoms with Crippen molar-refractivity contribution >= 4 is 33.2 Å². The van der Waals surface area contributed by atoms with E-state index in [0.717, 1.165) is 12.1 Å². The molecule has 0 aliphatic carbocycles. The molecule has 8 heteroatoms. The van der Waals surface area contributed by atoms with E-state index >= 15 is 0 Å². The van der Waals surface area contributed by atoms with E-state index in [1.165, 1.54) is 30.3 Å². The highest BCUT2D eigenvalue weighted by Gasteiger charge is 2.18. The number of primary amides is 1. The summed E-state index contributed by atoms with van der Waals surface area (Å²) in [5, 5.41) is 9.93. The first-order valence-corrected chi connectivity index (χ1v) is 7.57. The Hall–Kier alpha value is -2.25. The molecule has 21 heavy (non-hydrogen) atoms. The van der Waals surface area contributed by atoms with Gasteiger partial charge in [0, 0.05) is 10.7 Å². The van der Waals surface area contributed by atoms with Crippen LogP contribution in [0.25, 0.3) is 0 Å². The van der Waals surface area contributed by atoms with Gasteiger partial charge in [0.05, 0.1) is 10.5 Å². The number of anilines is 1. The van der Waals surface area contributed by atoms with Crippen LogP contribution in [-0.4, -0.2) is 19.4 Å². The summed E-state index contributed by atoms with van der Waals surface area (Å²) in [6.45, 7) is 0. The lowest BCUT2D eigenvalue weighted by Gasteiger charge is -2.09. The second-order valence-electron chi connectivity index (χ2n) is 4.16. The Balaban J connectivity index is 2.38. The molecule has 0 radical (unpaired) electrons. The number of rotatable bonds is 4. The van der Waals surface area contributed by atoms with Gasteiger partial charge in [0.25, 0.3) is 15.9 Å². The molecular weight excluding hydrogens is 316 g/mol. The summed E-state index contributed by atoms with van der Waals surface area (Å²) in [6, 6.07) is 9.33. The predicted molar refractivity (Wildman–Crippen MR) is 78.9 cm³/mol. The summed E-state index contributed by atoms with van der Waals surface area (Å²) in [7, 11) is -3.91. The monoisotopic (exact) mass is 326 g/mol. The molecule has 110 valence electrons. The van der Waals surface area contributed by atoms with Gasteiger partial charge >= 0.3 is 0 Å². The van der Waals surface area contributed by atoms with Crippen LogP contribution in [-0.2, 0) is 10.0 Å². The minimum absolute atomic E-state index is 0.191. The third-order valence-corrected chi connectivity index (χ3v) is 4.27. The quantitative estimate of drug-likeness (QED) is 0.797. The van der Waals surface area contributed by atoms with Crippen molar-refractivity contribution in [3.8, 4) is 5.75 Å². The molecular formula is C13H11ClN2O4S. The Labute approximate surface area is 126 Å². The van der Waals surface area contributed by atoms with Gasteiger partial charge in [0.15, 0.2) is 0 Å². The zero-order valence-corrected chi connectivity index (χ0v) is 12.1. The molecule has 4 N–H and O–H groups in total. The molecule has 0 aliphatic rings. The number of hydrogen-bond donors (Lipinski definition) is 3. The van der Waals surface area contributed by atoms with Crippen molar-refractivity contribution < 1.29 is 18.3 Å². The van der Waals surface area contributed by atoms with Crippen molar-refractivity contribution in [2.75, 3.05) is 4.72 Å². The number of benzene rings is 2. The zero-order chi connectivity index (χ0) is 15.6. The van der Waals surface area contributed by atoms with E-state index in [0.29, 0.717) is 10.7 Å². The van der Waals surface area contributed by atoms with E-state index in [1.54, 1.807) is 0 Å². The predicted octanol–water partition coefficient (Wildman–Crippen LogP) is 1.95. The Kier molecular flexibility index (Phi) is 4.06. The number of sulfonamides is 1. The van der Waals surface area contributed by atoms with Crippen molar-refractivity contribution in [3.63, 3.8) is 0 Å². The number of carbonyl (C=O) groups is 1. The van der Waals surface area contributed by atoms with Gasteiger partial charge in [-0.15, -0.1) is 0 Å². The van der Waals surface area contributed by atoms with Crippen molar-refractivity contribution in [1.82, 2.24) is 0 Å². The molecule has 2 aromatic rings. The van der Waals surface area contributed by atoms with Gasteiger partial charge in [-0.3, -0.25) is 9.52 Å². The SMILES string of the molecule is NC(=O)c1cc(S(=O)(=O)Nc2ccc(Cl)cc2)ccc1O. The topological polar surface area (TPSA) is 109 Å². The summed E-state index contributed by atoms with van der Waals surface area (Å²) in [6.07, 6.45) is 0. The number of phenols is 1. The molecule has 0 saturated heterocycles. The van der Waals surface area contributed by atoms with E-state index < -0.39 is 15.9 Å². The summed E-state index contributed by atoms with van der Waals surface area (Å²) in [4.78, 5) is 10.9. The smallest absolute Gasteiger partial charge is 0.261 e. The Morgan fingerprint density at radius 2 is 1.76 bits per heavy atom. The Bertz CT molecular complexity index is 788. The maximum atomic E-state index is 12.2. The number of halogens is 1. The number of nitrogens with two attached hydrogens (primary N) is 1. The van der Waals surface area contributed by atoms with E-state index in [-0.39, 0.29) is 16.2 Å². The van der Waals surface area contributed by atoms with Crippen LogP contribution in [0.5, 0.6) is 5.75 Å². The average molecular weight is 327 g/mol. The molecule has 2 rings (SSSR count). The molecule has 0 heterocycles. The third kappa shape index (κ3) is 3.45. The first-order valence-electron chi connectivity index (χ1n) is 5.71. The van der Waals surface area contributed by atoms with Gasteiger partial charge in [0.2, 0.25) is 0 Å². The molecule has 0 fully saturated rings. The number of aromatic hydroxyl groups is 1. The number of amides is 1. The summed E-state index contributed by atoms with van der Waals surface area (Å²) >= 11 is 5.72. The second-order valence-corrected chi connectivity index (χ2v) is 6.27. The van der Waals surface area contributed by atoms with Gasteiger partial charge < -0.3 is 10.8 Å². The maximum absolute atomic E-state index is 12.2. The standard InChI is InChI=1S/C13H11ClN2O4S/c14-8-1-3-9(4-2-8)16-21(19,20)10-5-6-12(17)11(7-10)13(15)18/h1-7,16-17H,(H2,15,18). The first-order chi connectivity index (χ1) is 9.79. The lowest BCUT2D eigenvalue weighted by Crippen LogP contribution is -2.16. The molecule has 6 nitrogen and oxygen atoms in total. The molecule has 0 spiro atoms. The largest absolute Gasteiger partial charge is 0.507 e. The number of nitrogens with one attached hydrogen (secondary N) is 1. The first kappa shape index (κ1) is 15.1. The van der Waals surface area contributed by atoms with Gasteiger partial charge in [-0.1, -0.05) is 11.6 Å². The number of carbonyl (C=O) groups excluding carboxylic acids is 1. The highest BCUT2D eigenvalue weighted by molar-refractivity contribution is 7.92. The van der Waals surface area contributed by atoms with Crippen LogP contribution in [0.4, 0.5) is 5.69 Å². The van der Waals surface area contributed by atoms with Crippen molar-refractivity contribution in [2.24, 2.45) is 5.73 Å². The van der Waals surface area contributed by atoms with E-state index in [1.807, 2.05) is 0 Å². The summed E-state index contributed by atoms with van der Waals surface area (Å²) in [5.74, 6) is -1.30. The van der Waals surface area contributed by atoms with Crippen LogP contribution in [0.3, 0.4) is 0 Å². The second kappa shape index (κ2) is 5.63. The van der Waals surface area contributed by atoms with Gasteiger partial charge in [0.1, 0.15) is 5.75 Å². The highest BCUT2D eigenvalue weighted by Crippen LogP contribution is 2.23. The fourth-order valence-corrected chi connectivity index (χ4v) is 2.82. The molecule has 0 bridgehead atoms. The minimum Gasteiger partial charge on any atom is -0.507 e. The molecule has 0 atom stereocenters. The third-order valence-electron chi connectivity index (χ3n) is 2.64. The highest BCUT2D eigenvalue weighted by atomic mass is 35.5. The van der Waals surface area contributed by atoms with Gasteiger partial charge in [-0.05, 0) is 42.5 Å². The van der Waals surface area contributed by atoms with Crippen molar-refractivity contribution in [3.05, 3.63) is 53.1 Å². The minimum atomic E-state index is -3.91. The van der Waals surface area contributed by atoms with E-state index in [2.05, 4.69) is 4.72 Å². The van der Waals surface area contributed by atoms with E-state index in [4.69, 9.17) is 17.3 Å². The van der Waals surface area contributed by atoms with Crippen LogP contribution in [0, 0.1) is 0 Å². The lowest BCUT2D eigenvalue weighted by atomic mass is 10.2. The summed E-state index contributed by atoms with van der Waals surface area (Å²) < 4.78 is 26.7. The van der Waals surface area contributed by atoms with Crippen molar-refractivity contribution in [1.29, 1.82) is 0 Å². The van der Waals surface area contributed by atoms with Gasteiger partial charge in [-0.25, -0.2) is 8.42 Å². The molecule has 2 aromatic carbocycles. The normalized spacial score (nSPS) is 11.1. The van der Waals surface area contributed by atoms with Crippen LogP contribution in [0.2, 0.25) is 5.02 Å². The molecule has 0 unspecified atom stereocenters. The average Bonchev–Trinajstić information content (AvgIpc) is 2.41. The van der Waals surface area contributed by atoms with Crippen LogP contribution < -0.4 is 10.5 Å². The van der Waals surface area contributed by atoms with Gasteiger partial charge in [-0.2, -0.15) is 0 Å². The van der Waals surface area contributed by atoms with E-state index in [9.17, 15) is 18.3 Å². The Morgan fingerprint density at radius 3 is 2.33 bits per heavy atom. The summed E-state index contributed by atoms with van der Waals surface area (Å²) in [5.41, 5.74) is 5.11. The molecule has 1 amide bonds. The Morgan fingerprint density at radius 1 is 1.14 bits per heavy atom.